The highest BCUT2D eigenvalue weighted by Gasteiger charge is 2.16. The van der Waals surface area contributed by atoms with Crippen LogP contribution in [0.5, 0.6) is 5.75 Å². The zero-order valence-corrected chi connectivity index (χ0v) is 7.75. The molecule has 0 amide bonds. The predicted octanol–water partition coefficient (Wildman–Crippen LogP) is 2.30. The maximum absolute atomic E-state index is 12.2. The van der Waals surface area contributed by atoms with Crippen molar-refractivity contribution in [3.63, 3.8) is 0 Å². The van der Waals surface area contributed by atoms with Crippen LogP contribution in [0.1, 0.15) is 22.6 Å². The van der Waals surface area contributed by atoms with E-state index in [1.807, 2.05) is 0 Å². The van der Waals surface area contributed by atoms with Crippen molar-refractivity contribution in [2.24, 2.45) is 0 Å². The van der Waals surface area contributed by atoms with Gasteiger partial charge in [-0.3, -0.25) is 4.79 Å². The van der Waals surface area contributed by atoms with E-state index in [9.17, 15) is 13.6 Å². The van der Waals surface area contributed by atoms with Gasteiger partial charge in [-0.1, -0.05) is 0 Å². The zero-order chi connectivity index (χ0) is 10.0. The standard InChI is InChI=1S/C7H4BrF2NO2/c8-3-1-5(13)4(2-12)11-6(3)7(9)10/h1-2,7,13H. The normalized spacial score (nSPS) is 10.5. The molecule has 6 heteroatoms. The molecule has 1 aromatic rings. The average Bonchev–Trinajstić information content (AvgIpc) is 2.03. The van der Waals surface area contributed by atoms with E-state index in [0.717, 1.165) is 6.07 Å². The number of rotatable bonds is 2. The molecule has 0 aliphatic rings. The molecule has 70 valence electrons. The summed E-state index contributed by atoms with van der Waals surface area (Å²) in [5.41, 5.74) is -0.946. The molecule has 0 saturated carbocycles. The Labute approximate surface area is 80.5 Å². The number of aromatic hydroxyl groups is 1. The van der Waals surface area contributed by atoms with E-state index in [4.69, 9.17) is 5.11 Å². The lowest BCUT2D eigenvalue weighted by molar-refractivity contribution is 0.111. The number of alkyl halides is 2. The largest absolute Gasteiger partial charge is 0.506 e. The molecule has 1 rings (SSSR count). The SMILES string of the molecule is O=Cc1nc(C(F)F)c(Br)cc1O. The first kappa shape index (κ1) is 10.0. The lowest BCUT2D eigenvalue weighted by Crippen LogP contribution is -1.97. The lowest BCUT2D eigenvalue weighted by atomic mass is 10.3. The molecule has 13 heavy (non-hydrogen) atoms. The van der Waals surface area contributed by atoms with Gasteiger partial charge in [0.25, 0.3) is 6.43 Å². The van der Waals surface area contributed by atoms with Gasteiger partial charge in [0.05, 0.1) is 0 Å². The summed E-state index contributed by atoms with van der Waals surface area (Å²) in [7, 11) is 0. The minimum absolute atomic E-state index is 0.0226. The van der Waals surface area contributed by atoms with Crippen LogP contribution in [0.15, 0.2) is 10.5 Å². The molecule has 0 aliphatic heterocycles. The van der Waals surface area contributed by atoms with E-state index in [1.165, 1.54) is 0 Å². The Balaban J connectivity index is 3.30. The second-order valence-electron chi connectivity index (χ2n) is 2.18. The van der Waals surface area contributed by atoms with Crippen LogP contribution in [0.4, 0.5) is 8.78 Å². The smallest absolute Gasteiger partial charge is 0.281 e. The summed E-state index contributed by atoms with van der Waals surface area (Å²) in [6.45, 7) is 0. The summed E-state index contributed by atoms with van der Waals surface area (Å²) in [6, 6.07) is 1.01. The van der Waals surface area contributed by atoms with Crippen LogP contribution >= 0.6 is 15.9 Å². The number of hydrogen-bond donors (Lipinski definition) is 1. The van der Waals surface area contributed by atoms with Crippen LogP contribution in [0.2, 0.25) is 0 Å². The number of carbonyl (C=O) groups excluding carboxylic acids is 1. The van der Waals surface area contributed by atoms with Crippen LogP contribution < -0.4 is 0 Å². The fourth-order valence-electron chi connectivity index (χ4n) is 0.748. The molecule has 0 aliphatic carbocycles. The van der Waals surface area contributed by atoms with E-state index >= 15 is 0 Å². The van der Waals surface area contributed by atoms with Gasteiger partial charge in [0.1, 0.15) is 17.1 Å². The van der Waals surface area contributed by atoms with E-state index in [2.05, 4.69) is 20.9 Å². The van der Waals surface area contributed by atoms with Gasteiger partial charge in [0.2, 0.25) is 0 Å². The highest BCUT2D eigenvalue weighted by molar-refractivity contribution is 9.10. The van der Waals surface area contributed by atoms with Crippen molar-refractivity contribution >= 4 is 22.2 Å². The molecule has 0 unspecified atom stereocenters. The molecule has 1 heterocycles. The molecule has 0 bridgehead atoms. The first-order valence-corrected chi connectivity index (χ1v) is 3.98. The summed E-state index contributed by atoms with van der Waals surface area (Å²) < 4.78 is 24.3. The summed E-state index contributed by atoms with van der Waals surface area (Å²) in [5, 5.41) is 9.03. The molecule has 1 N–H and O–H groups in total. The third-order valence-electron chi connectivity index (χ3n) is 1.33. The Bertz CT molecular complexity index is 344. The number of aldehydes is 1. The molecular weight excluding hydrogens is 248 g/mol. The number of aromatic nitrogens is 1. The zero-order valence-electron chi connectivity index (χ0n) is 6.17. The van der Waals surface area contributed by atoms with Gasteiger partial charge in [-0.2, -0.15) is 0 Å². The number of nitrogens with zero attached hydrogens (tertiary/aromatic N) is 1. The minimum atomic E-state index is -2.78. The maximum Gasteiger partial charge on any atom is 0.281 e. The average molecular weight is 252 g/mol. The van der Waals surface area contributed by atoms with Crippen LogP contribution in [0.3, 0.4) is 0 Å². The number of pyridine rings is 1. The molecule has 0 radical (unpaired) electrons. The first-order valence-electron chi connectivity index (χ1n) is 3.19. The second-order valence-corrected chi connectivity index (χ2v) is 3.03. The van der Waals surface area contributed by atoms with Crippen LogP contribution in [0.25, 0.3) is 0 Å². The number of halogens is 3. The highest BCUT2D eigenvalue weighted by Crippen LogP contribution is 2.29. The Kier molecular flexibility index (Phi) is 2.92. The van der Waals surface area contributed by atoms with Crippen molar-refractivity contribution in [1.29, 1.82) is 0 Å². The van der Waals surface area contributed by atoms with Crippen molar-refractivity contribution in [2.45, 2.75) is 6.43 Å². The first-order chi connectivity index (χ1) is 6.06. The second kappa shape index (κ2) is 3.78. The minimum Gasteiger partial charge on any atom is -0.506 e. The fourth-order valence-corrected chi connectivity index (χ4v) is 1.23. The van der Waals surface area contributed by atoms with Gasteiger partial charge < -0.3 is 5.11 Å². The van der Waals surface area contributed by atoms with E-state index in [0.29, 0.717) is 0 Å². The van der Waals surface area contributed by atoms with E-state index < -0.39 is 23.6 Å². The molecule has 0 aromatic carbocycles. The van der Waals surface area contributed by atoms with E-state index in [-0.39, 0.29) is 10.8 Å². The van der Waals surface area contributed by atoms with E-state index in [1.54, 1.807) is 0 Å². The van der Waals surface area contributed by atoms with Crippen molar-refractivity contribution in [2.75, 3.05) is 0 Å². The van der Waals surface area contributed by atoms with Gasteiger partial charge in [-0.15, -0.1) is 0 Å². The van der Waals surface area contributed by atoms with Gasteiger partial charge in [0, 0.05) is 4.47 Å². The summed E-state index contributed by atoms with van der Waals surface area (Å²) >= 11 is 2.79. The quantitative estimate of drug-likeness (QED) is 0.821. The van der Waals surface area contributed by atoms with Crippen LogP contribution in [0, 0.1) is 0 Å². The summed E-state index contributed by atoms with van der Waals surface area (Å²) in [6.07, 6.45) is -2.57. The Hall–Kier alpha value is -1.04. The maximum atomic E-state index is 12.2. The van der Waals surface area contributed by atoms with Crippen molar-refractivity contribution < 1.29 is 18.7 Å². The molecule has 0 atom stereocenters. The molecule has 0 saturated heterocycles. The Morgan fingerprint density at radius 3 is 2.69 bits per heavy atom. The monoisotopic (exact) mass is 251 g/mol. The lowest BCUT2D eigenvalue weighted by Gasteiger charge is -2.04. The number of carbonyl (C=O) groups is 1. The highest BCUT2D eigenvalue weighted by atomic mass is 79.9. The summed E-state index contributed by atoms with van der Waals surface area (Å²) in [5.74, 6) is -0.425. The topological polar surface area (TPSA) is 50.2 Å². The third-order valence-corrected chi connectivity index (χ3v) is 1.96. The third kappa shape index (κ3) is 2.00. The van der Waals surface area contributed by atoms with Crippen LogP contribution in [-0.4, -0.2) is 16.4 Å². The molecule has 0 fully saturated rings. The summed E-state index contributed by atoms with van der Waals surface area (Å²) in [4.78, 5) is 13.5. The Morgan fingerprint density at radius 2 is 2.23 bits per heavy atom. The van der Waals surface area contributed by atoms with Gasteiger partial charge >= 0.3 is 0 Å². The predicted molar refractivity (Wildman–Crippen MR) is 43.9 cm³/mol. The molecule has 0 spiro atoms. The van der Waals surface area contributed by atoms with Gasteiger partial charge in [0.15, 0.2) is 6.29 Å². The molecule has 3 nitrogen and oxygen atoms in total. The van der Waals surface area contributed by atoms with Crippen molar-refractivity contribution in [3.8, 4) is 5.75 Å². The fraction of sp³-hybridized carbons (Fsp3) is 0.143. The van der Waals surface area contributed by atoms with Gasteiger partial charge in [-0.05, 0) is 22.0 Å². The molecular formula is C7H4BrF2NO2. The van der Waals surface area contributed by atoms with Crippen molar-refractivity contribution in [1.82, 2.24) is 4.98 Å². The number of hydrogen-bond acceptors (Lipinski definition) is 3. The molecule has 1 aromatic heterocycles. The van der Waals surface area contributed by atoms with Gasteiger partial charge in [-0.25, -0.2) is 13.8 Å². The van der Waals surface area contributed by atoms with Crippen LogP contribution in [-0.2, 0) is 0 Å². The Morgan fingerprint density at radius 1 is 1.62 bits per heavy atom. The van der Waals surface area contributed by atoms with Crippen molar-refractivity contribution in [3.05, 3.63) is 21.9 Å².